The third-order valence-electron chi connectivity index (χ3n) is 4.14. The number of hydrogen-bond donors (Lipinski definition) is 2. The first-order valence-corrected chi connectivity index (χ1v) is 8.15. The Morgan fingerprint density at radius 1 is 1.33 bits per heavy atom. The number of nitrogens with zero attached hydrogens (tertiary/aromatic N) is 3. The standard InChI is InChI=1S/C18H26N4O2/c1-5-22(12-16(23)14-8-6-13(2)7-9-14)18(24)17(19-3)15-10-20-21(4)11-15/h6-11,16-17,19,23H,5,12H2,1-4H3. The van der Waals surface area contributed by atoms with Crippen LogP contribution in [0.25, 0.3) is 0 Å². The van der Waals surface area contributed by atoms with Crippen molar-refractivity contribution in [3.8, 4) is 0 Å². The second-order valence-electron chi connectivity index (χ2n) is 5.97. The van der Waals surface area contributed by atoms with E-state index in [0.29, 0.717) is 6.54 Å². The lowest BCUT2D eigenvalue weighted by molar-refractivity contribution is -0.134. The van der Waals surface area contributed by atoms with Gasteiger partial charge in [-0.3, -0.25) is 9.48 Å². The van der Waals surface area contributed by atoms with Crippen LogP contribution in [0.5, 0.6) is 0 Å². The molecule has 2 N–H and O–H groups in total. The molecule has 0 fully saturated rings. The summed E-state index contributed by atoms with van der Waals surface area (Å²) in [5.74, 6) is -0.0702. The van der Waals surface area contributed by atoms with Crippen molar-refractivity contribution in [1.29, 1.82) is 0 Å². The molecule has 1 aromatic heterocycles. The number of hydrogen-bond acceptors (Lipinski definition) is 4. The molecule has 2 rings (SSSR count). The van der Waals surface area contributed by atoms with E-state index in [9.17, 15) is 9.90 Å². The highest BCUT2D eigenvalue weighted by Crippen LogP contribution is 2.19. The first-order chi connectivity index (χ1) is 11.5. The fraction of sp³-hybridized carbons (Fsp3) is 0.444. The van der Waals surface area contributed by atoms with Crippen LogP contribution in [0, 0.1) is 6.92 Å². The van der Waals surface area contributed by atoms with E-state index in [0.717, 1.165) is 16.7 Å². The fourth-order valence-electron chi connectivity index (χ4n) is 2.68. The summed E-state index contributed by atoms with van der Waals surface area (Å²) in [4.78, 5) is 14.5. The molecule has 1 amide bonds. The maximum absolute atomic E-state index is 12.9. The second kappa shape index (κ2) is 8.08. The van der Waals surface area contributed by atoms with Crippen molar-refractivity contribution in [2.45, 2.75) is 26.0 Å². The fourth-order valence-corrected chi connectivity index (χ4v) is 2.68. The molecule has 0 radical (unpaired) electrons. The van der Waals surface area contributed by atoms with Crippen LogP contribution >= 0.6 is 0 Å². The normalized spacial score (nSPS) is 13.5. The highest BCUT2D eigenvalue weighted by molar-refractivity contribution is 5.83. The number of nitrogens with one attached hydrogen (secondary N) is 1. The van der Waals surface area contributed by atoms with Gasteiger partial charge in [0.15, 0.2) is 0 Å². The van der Waals surface area contributed by atoms with Crippen molar-refractivity contribution in [1.82, 2.24) is 20.0 Å². The zero-order valence-electron chi connectivity index (χ0n) is 14.7. The van der Waals surface area contributed by atoms with Gasteiger partial charge in [0.1, 0.15) is 6.04 Å². The number of aryl methyl sites for hydroxylation is 2. The number of amides is 1. The van der Waals surface area contributed by atoms with E-state index in [1.54, 1.807) is 22.8 Å². The molecule has 0 aliphatic rings. The van der Waals surface area contributed by atoms with Crippen LogP contribution in [0.3, 0.4) is 0 Å². The van der Waals surface area contributed by atoms with Gasteiger partial charge in [0, 0.05) is 25.4 Å². The monoisotopic (exact) mass is 330 g/mol. The first kappa shape index (κ1) is 18.2. The largest absolute Gasteiger partial charge is 0.387 e. The molecule has 0 aliphatic heterocycles. The Hall–Kier alpha value is -2.18. The lowest BCUT2D eigenvalue weighted by atomic mass is 10.1. The zero-order chi connectivity index (χ0) is 17.7. The van der Waals surface area contributed by atoms with E-state index in [-0.39, 0.29) is 12.5 Å². The minimum absolute atomic E-state index is 0.0702. The molecular weight excluding hydrogens is 304 g/mol. The molecule has 2 atom stereocenters. The Morgan fingerprint density at radius 3 is 2.50 bits per heavy atom. The van der Waals surface area contributed by atoms with Gasteiger partial charge in [-0.2, -0.15) is 5.10 Å². The predicted molar refractivity (Wildman–Crippen MR) is 93.4 cm³/mol. The molecule has 6 heteroatoms. The maximum Gasteiger partial charge on any atom is 0.244 e. The summed E-state index contributed by atoms with van der Waals surface area (Å²) in [6, 6.07) is 7.25. The number of rotatable bonds is 7. The smallest absolute Gasteiger partial charge is 0.244 e. The van der Waals surface area contributed by atoms with E-state index in [1.807, 2.05) is 51.4 Å². The minimum atomic E-state index is -0.707. The molecule has 0 saturated heterocycles. The molecule has 0 spiro atoms. The summed E-state index contributed by atoms with van der Waals surface area (Å²) in [7, 11) is 3.57. The SMILES string of the molecule is CCN(CC(O)c1ccc(C)cc1)C(=O)C(NC)c1cnn(C)c1. The van der Waals surface area contributed by atoms with Gasteiger partial charge in [-0.1, -0.05) is 29.8 Å². The van der Waals surface area contributed by atoms with Crippen LogP contribution in [0.1, 0.15) is 35.8 Å². The maximum atomic E-state index is 12.9. The van der Waals surface area contributed by atoms with Crippen molar-refractivity contribution in [2.75, 3.05) is 20.1 Å². The van der Waals surface area contributed by atoms with Gasteiger partial charge in [-0.15, -0.1) is 0 Å². The summed E-state index contributed by atoms with van der Waals surface area (Å²) in [6.45, 7) is 4.70. The first-order valence-electron chi connectivity index (χ1n) is 8.15. The van der Waals surface area contributed by atoms with Crippen LogP contribution in [-0.2, 0) is 11.8 Å². The van der Waals surface area contributed by atoms with Gasteiger partial charge in [-0.05, 0) is 26.5 Å². The van der Waals surface area contributed by atoms with Crippen molar-refractivity contribution in [2.24, 2.45) is 7.05 Å². The zero-order valence-corrected chi connectivity index (χ0v) is 14.7. The highest BCUT2D eigenvalue weighted by atomic mass is 16.3. The number of aliphatic hydroxyl groups excluding tert-OH is 1. The van der Waals surface area contributed by atoms with Crippen LogP contribution in [-0.4, -0.2) is 45.8 Å². The third kappa shape index (κ3) is 4.21. The number of carbonyl (C=O) groups is 1. The molecule has 1 aromatic carbocycles. The molecular formula is C18H26N4O2. The average Bonchev–Trinajstić information content (AvgIpc) is 2.99. The second-order valence-corrected chi connectivity index (χ2v) is 5.97. The van der Waals surface area contributed by atoms with Gasteiger partial charge >= 0.3 is 0 Å². The summed E-state index contributed by atoms with van der Waals surface area (Å²) in [5.41, 5.74) is 2.77. The number of carbonyl (C=O) groups excluding carboxylic acids is 1. The van der Waals surface area contributed by atoms with E-state index >= 15 is 0 Å². The van der Waals surface area contributed by atoms with Crippen molar-refractivity contribution in [3.05, 3.63) is 53.3 Å². The molecule has 2 unspecified atom stereocenters. The Kier molecular flexibility index (Phi) is 6.11. The Bertz CT molecular complexity index is 666. The van der Waals surface area contributed by atoms with Gasteiger partial charge < -0.3 is 15.3 Å². The van der Waals surface area contributed by atoms with Crippen molar-refractivity contribution in [3.63, 3.8) is 0 Å². The Balaban J connectivity index is 2.11. The molecule has 0 aliphatic carbocycles. The van der Waals surface area contributed by atoms with Crippen molar-refractivity contribution >= 4 is 5.91 Å². The quantitative estimate of drug-likeness (QED) is 0.808. The van der Waals surface area contributed by atoms with Crippen LogP contribution < -0.4 is 5.32 Å². The van der Waals surface area contributed by atoms with E-state index in [2.05, 4.69) is 10.4 Å². The lowest BCUT2D eigenvalue weighted by Gasteiger charge is -2.28. The minimum Gasteiger partial charge on any atom is -0.387 e. The molecule has 0 bridgehead atoms. The molecule has 6 nitrogen and oxygen atoms in total. The van der Waals surface area contributed by atoms with Gasteiger partial charge in [0.2, 0.25) is 5.91 Å². The third-order valence-corrected chi connectivity index (χ3v) is 4.14. The molecule has 0 saturated carbocycles. The predicted octanol–water partition coefficient (Wildman–Crippen LogP) is 1.57. The molecule has 2 aromatic rings. The van der Waals surface area contributed by atoms with Crippen LogP contribution in [0.4, 0.5) is 0 Å². The topological polar surface area (TPSA) is 70.4 Å². The number of aromatic nitrogens is 2. The van der Waals surface area contributed by atoms with Gasteiger partial charge in [-0.25, -0.2) is 0 Å². The summed E-state index contributed by atoms with van der Waals surface area (Å²) in [6.07, 6.45) is 2.80. The Labute approximate surface area is 143 Å². The summed E-state index contributed by atoms with van der Waals surface area (Å²) in [5, 5.41) is 17.6. The van der Waals surface area contributed by atoms with E-state index in [1.165, 1.54) is 0 Å². The average molecular weight is 330 g/mol. The number of likely N-dealkylation sites (N-methyl/N-ethyl adjacent to an activating group) is 2. The molecule has 24 heavy (non-hydrogen) atoms. The number of benzene rings is 1. The van der Waals surface area contributed by atoms with Crippen LogP contribution in [0.2, 0.25) is 0 Å². The van der Waals surface area contributed by atoms with E-state index < -0.39 is 12.1 Å². The lowest BCUT2D eigenvalue weighted by Crippen LogP contribution is -2.41. The van der Waals surface area contributed by atoms with E-state index in [4.69, 9.17) is 0 Å². The van der Waals surface area contributed by atoms with Crippen LogP contribution in [0.15, 0.2) is 36.7 Å². The van der Waals surface area contributed by atoms with Gasteiger partial charge in [0.05, 0.1) is 18.8 Å². The molecule has 130 valence electrons. The highest BCUT2D eigenvalue weighted by Gasteiger charge is 2.26. The Morgan fingerprint density at radius 2 is 2.00 bits per heavy atom. The van der Waals surface area contributed by atoms with Gasteiger partial charge in [0.25, 0.3) is 0 Å². The number of aliphatic hydroxyl groups is 1. The van der Waals surface area contributed by atoms with Crippen molar-refractivity contribution < 1.29 is 9.90 Å². The molecule has 1 heterocycles. The summed E-state index contributed by atoms with van der Waals surface area (Å²) < 4.78 is 1.67. The summed E-state index contributed by atoms with van der Waals surface area (Å²) >= 11 is 0.